The van der Waals surface area contributed by atoms with Crippen LogP contribution in [0.4, 0.5) is 0 Å². The topological polar surface area (TPSA) is 64.7 Å². The van der Waals surface area contributed by atoms with E-state index in [1.54, 1.807) is 4.57 Å². The Morgan fingerprint density at radius 2 is 2.04 bits per heavy atom. The molecule has 1 aliphatic heterocycles. The van der Waals surface area contributed by atoms with E-state index in [0.29, 0.717) is 24.1 Å². The van der Waals surface area contributed by atoms with Crippen LogP contribution in [0.5, 0.6) is 0 Å². The molecule has 1 aromatic carbocycles. The molecule has 0 spiro atoms. The number of nitrogens with zero attached hydrogens (tertiary/aromatic N) is 2. The number of rotatable bonds is 5. The second-order valence-electron chi connectivity index (χ2n) is 7.47. The summed E-state index contributed by atoms with van der Waals surface area (Å²) in [4.78, 5) is 26.7. The Kier molecular flexibility index (Phi) is 4.85. The lowest BCUT2D eigenvalue weighted by Gasteiger charge is -2.33. The van der Waals surface area contributed by atoms with Crippen molar-refractivity contribution < 1.29 is 13.9 Å². The van der Waals surface area contributed by atoms with Gasteiger partial charge in [-0.1, -0.05) is 25.0 Å². The smallest absolute Gasteiger partial charge is 0.419 e. The minimum atomic E-state index is -0.312. The van der Waals surface area contributed by atoms with Crippen molar-refractivity contribution in [3.05, 3.63) is 34.8 Å². The number of fused-ring (bicyclic) bond motifs is 2. The molecule has 26 heavy (non-hydrogen) atoms. The summed E-state index contributed by atoms with van der Waals surface area (Å²) in [6.07, 6.45) is 6.58. The van der Waals surface area contributed by atoms with E-state index in [4.69, 9.17) is 9.15 Å². The molecule has 1 saturated carbocycles. The first-order chi connectivity index (χ1) is 12.7. The molecular formula is C20H26N2O4. The summed E-state index contributed by atoms with van der Waals surface area (Å²) in [7, 11) is 1.47. The number of hydrogen-bond donors (Lipinski definition) is 0. The predicted octanol–water partition coefficient (Wildman–Crippen LogP) is 2.79. The predicted molar refractivity (Wildman–Crippen MR) is 98.0 cm³/mol. The molecule has 0 bridgehead atoms. The summed E-state index contributed by atoms with van der Waals surface area (Å²) in [5.41, 5.74) is 1.46. The van der Waals surface area contributed by atoms with Gasteiger partial charge in [0, 0.05) is 19.1 Å². The van der Waals surface area contributed by atoms with Crippen molar-refractivity contribution in [1.29, 1.82) is 0 Å². The molecular weight excluding hydrogens is 332 g/mol. The third kappa shape index (κ3) is 3.07. The molecule has 0 amide bonds. The number of aromatic nitrogens is 1. The summed E-state index contributed by atoms with van der Waals surface area (Å²) in [5.74, 6) is 0.170. The van der Waals surface area contributed by atoms with Crippen LogP contribution in [0.3, 0.4) is 0 Å². The number of esters is 1. The Hall–Kier alpha value is -2.08. The first-order valence-corrected chi connectivity index (χ1v) is 9.61. The number of aryl methyl sites for hydroxylation is 1. The van der Waals surface area contributed by atoms with Crippen molar-refractivity contribution >= 4 is 17.1 Å². The van der Waals surface area contributed by atoms with Crippen LogP contribution in [0.2, 0.25) is 0 Å². The van der Waals surface area contributed by atoms with Crippen molar-refractivity contribution in [2.45, 2.75) is 57.2 Å². The maximum atomic E-state index is 12.3. The Bertz CT molecular complexity index is 840. The average molecular weight is 358 g/mol. The standard InChI is InChI=1S/C20H26N2O4/c1-25-19(23)17-13-14-7-2-3-8-15(14)21(17)11-6-12-22-16-9-4-5-10-18(16)26-20(22)24/h4-5,9-10,14-15,17H,2-3,6-8,11-13H2,1H3/t14-,15-,17-/m0/s1. The molecule has 2 fully saturated rings. The molecule has 1 saturated heterocycles. The van der Waals surface area contributed by atoms with Crippen molar-refractivity contribution in [3.8, 4) is 0 Å². The lowest BCUT2D eigenvalue weighted by Crippen LogP contribution is -2.43. The van der Waals surface area contributed by atoms with Crippen LogP contribution >= 0.6 is 0 Å². The highest BCUT2D eigenvalue weighted by molar-refractivity contribution is 5.76. The molecule has 2 heterocycles. The molecule has 0 N–H and O–H groups in total. The second-order valence-corrected chi connectivity index (χ2v) is 7.47. The normalized spacial score (nSPS) is 26.1. The monoisotopic (exact) mass is 358 g/mol. The van der Waals surface area contributed by atoms with Gasteiger partial charge in [0.1, 0.15) is 6.04 Å². The third-order valence-corrected chi connectivity index (χ3v) is 6.07. The van der Waals surface area contributed by atoms with Gasteiger partial charge in [0.2, 0.25) is 0 Å². The molecule has 3 atom stereocenters. The van der Waals surface area contributed by atoms with Crippen molar-refractivity contribution in [2.75, 3.05) is 13.7 Å². The van der Waals surface area contributed by atoms with E-state index in [1.165, 1.54) is 26.4 Å². The van der Waals surface area contributed by atoms with Crippen LogP contribution in [-0.4, -0.2) is 41.2 Å². The number of oxazole rings is 1. The van der Waals surface area contributed by atoms with E-state index in [1.807, 2.05) is 24.3 Å². The first-order valence-electron chi connectivity index (χ1n) is 9.61. The number of carbonyl (C=O) groups excluding carboxylic acids is 1. The number of benzene rings is 1. The van der Waals surface area contributed by atoms with Gasteiger partial charge in [-0.05, 0) is 43.7 Å². The van der Waals surface area contributed by atoms with Crippen LogP contribution in [0.15, 0.2) is 33.5 Å². The lowest BCUT2D eigenvalue weighted by atomic mass is 9.85. The maximum absolute atomic E-state index is 12.3. The Morgan fingerprint density at radius 1 is 1.23 bits per heavy atom. The van der Waals surface area contributed by atoms with Gasteiger partial charge in [-0.2, -0.15) is 0 Å². The van der Waals surface area contributed by atoms with Crippen LogP contribution in [0, 0.1) is 5.92 Å². The number of ether oxygens (including phenoxy) is 1. The molecule has 6 heteroatoms. The van der Waals surface area contributed by atoms with Crippen molar-refractivity contribution in [3.63, 3.8) is 0 Å². The van der Waals surface area contributed by atoms with E-state index in [0.717, 1.165) is 31.3 Å². The zero-order valence-electron chi connectivity index (χ0n) is 15.2. The molecule has 2 aromatic rings. The van der Waals surface area contributed by atoms with Gasteiger partial charge in [-0.3, -0.25) is 14.3 Å². The zero-order chi connectivity index (χ0) is 18.1. The van der Waals surface area contributed by atoms with Crippen molar-refractivity contribution in [1.82, 2.24) is 9.47 Å². The van der Waals surface area contributed by atoms with E-state index in [2.05, 4.69) is 4.90 Å². The summed E-state index contributed by atoms with van der Waals surface area (Å²) < 4.78 is 12.0. The van der Waals surface area contributed by atoms with Crippen LogP contribution in [0.1, 0.15) is 38.5 Å². The summed E-state index contributed by atoms with van der Waals surface area (Å²) >= 11 is 0. The summed E-state index contributed by atoms with van der Waals surface area (Å²) in [6.45, 7) is 1.39. The highest BCUT2D eigenvalue weighted by atomic mass is 16.5. The van der Waals surface area contributed by atoms with Crippen LogP contribution < -0.4 is 5.76 Å². The minimum absolute atomic E-state index is 0.120. The van der Waals surface area contributed by atoms with Gasteiger partial charge in [-0.15, -0.1) is 0 Å². The van der Waals surface area contributed by atoms with Crippen molar-refractivity contribution in [2.24, 2.45) is 5.92 Å². The van der Waals surface area contributed by atoms with Gasteiger partial charge in [0.25, 0.3) is 0 Å². The lowest BCUT2D eigenvalue weighted by molar-refractivity contribution is -0.146. The van der Waals surface area contributed by atoms with E-state index >= 15 is 0 Å². The number of hydrogen-bond acceptors (Lipinski definition) is 5. The van der Waals surface area contributed by atoms with Crippen LogP contribution in [-0.2, 0) is 16.1 Å². The number of carbonyl (C=O) groups is 1. The van der Waals surface area contributed by atoms with E-state index in [9.17, 15) is 9.59 Å². The molecule has 1 aliphatic carbocycles. The van der Waals surface area contributed by atoms with Crippen LogP contribution in [0.25, 0.3) is 11.1 Å². The maximum Gasteiger partial charge on any atom is 0.419 e. The fourth-order valence-electron chi connectivity index (χ4n) is 4.88. The largest absolute Gasteiger partial charge is 0.468 e. The van der Waals surface area contributed by atoms with Gasteiger partial charge < -0.3 is 9.15 Å². The number of likely N-dealkylation sites (tertiary alicyclic amines) is 1. The molecule has 1 aromatic heterocycles. The third-order valence-electron chi connectivity index (χ3n) is 6.07. The molecule has 4 rings (SSSR count). The fraction of sp³-hybridized carbons (Fsp3) is 0.600. The Balaban J connectivity index is 1.47. The highest BCUT2D eigenvalue weighted by Crippen LogP contribution is 2.40. The average Bonchev–Trinajstić information content (AvgIpc) is 3.19. The molecule has 6 nitrogen and oxygen atoms in total. The zero-order valence-corrected chi connectivity index (χ0v) is 15.2. The Labute approximate surface area is 152 Å². The van der Waals surface area contributed by atoms with E-state index < -0.39 is 0 Å². The highest BCUT2D eigenvalue weighted by Gasteiger charge is 2.45. The van der Waals surface area contributed by atoms with Gasteiger partial charge in [0.15, 0.2) is 5.58 Å². The first kappa shape index (κ1) is 17.3. The summed E-state index contributed by atoms with van der Waals surface area (Å²) in [6, 6.07) is 7.84. The number of methoxy groups -OCH3 is 1. The quantitative estimate of drug-likeness (QED) is 0.769. The van der Waals surface area contributed by atoms with Gasteiger partial charge in [-0.25, -0.2) is 4.79 Å². The fourth-order valence-corrected chi connectivity index (χ4v) is 4.88. The number of para-hydroxylation sites is 2. The Morgan fingerprint density at radius 3 is 2.88 bits per heavy atom. The van der Waals surface area contributed by atoms with E-state index in [-0.39, 0.29) is 17.8 Å². The molecule has 2 aliphatic rings. The van der Waals surface area contributed by atoms with Gasteiger partial charge in [0.05, 0.1) is 12.6 Å². The molecule has 0 radical (unpaired) electrons. The SMILES string of the molecule is COC(=O)[C@@H]1C[C@@H]2CCCC[C@@H]2N1CCCn1c(=O)oc2ccccc21. The molecule has 140 valence electrons. The van der Waals surface area contributed by atoms with Gasteiger partial charge >= 0.3 is 11.7 Å². The second kappa shape index (κ2) is 7.27. The summed E-state index contributed by atoms with van der Waals surface area (Å²) in [5, 5.41) is 0. The minimum Gasteiger partial charge on any atom is -0.468 e. The molecule has 0 unspecified atom stereocenters.